The van der Waals surface area contributed by atoms with Crippen LogP contribution in [0.5, 0.6) is 0 Å². The van der Waals surface area contributed by atoms with Crippen LogP contribution in [-0.2, 0) is 4.74 Å². The Balaban J connectivity index is 2.58. The van der Waals surface area contributed by atoms with Crippen LogP contribution in [0.3, 0.4) is 0 Å². The van der Waals surface area contributed by atoms with Gasteiger partial charge in [0, 0.05) is 20.7 Å². The van der Waals surface area contributed by atoms with Crippen molar-refractivity contribution in [3.8, 4) is 0 Å². The van der Waals surface area contributed by atoms with Crippen LogP contribution < -0.4 is 0 Å². The third-order valence-electron chi connectivity index (χ3n) is 2.24. The van der Waals surface area contributed by atoms with Gasteiger partial charge in [-0.1, -0.05) is 23.2 Å². The molecule has 0 radical (unpaired) electrons. The summed E-state index contributed by atoms with van der Waals surface area (Å²) in [6.07, 6.45) is 1.01. The molecule has 1 unspecified atom stereocenters. The van der Waals surface area contributed by atoms with Crippen molar-refractivity contribution in [2.75, 3.05) is 27.3 Å². The number of alkyl halides is 2. The number of hydrogen-bond acceptors (Lipinski definition) is 2. The second-order valence-electron chi connectivity index (χ2n) is 3.01. The molecule has 1 heterocycles. The van der Waals surface area contributed by atoms with E-state index >= 15 is 0 Å². The fraction of sp³-hybridized carbons (Fsp3) is 0.875. The molecule has 3 nitrogen and oxygen atoms in total. The van der Waals surface area contributed by atoms with Crippen LogP contribution in [0.1, 0.15) is 6.42 Å². The lowest BCUT2D eigenvalue weighted by Crippen LogP contribution is -2.40. The molecule has 76 valence electrons. The van der Waals surface area contributed by atoms with Crippen LogP contribution in [0.15, 0.2) is 4.99 Å². The summed E-state index contributed by atoms with van der Waals surface area (Å²) in [4.78, 5) is 5.49. The lowest BCUT2D eigenvalue weighted by molar-refractivity contribution is 0.179. The van der Waals surface area contributed by atoms with E-state index in [0.29, 0.717) is 11.9 Å². The second kappa shape index (κ2) is 5.03. The molecular weight excluding hydrogens is 211 g/mol. The summed E-state index contributed by atoms with van der Waals surface area (Å²) in [7, 11) is 3.64. The molecule has 1 rings (SSSR count). The summed E-state index contributed by atoms with van der Waals surface area (Å²) >= 11 is 11.5. The van der Waals surface area contributed by atoms with Crippen molar-refractivity contribution >= 4 is 29.0 Å². The van der Waals surface area contributed by atoms with Crippen LogP contribution in [0.2, 0.25) is 0 Å². The van der Waals surface area contributed by atoms with Crippen molar-refractivity contribution in [3.05, 3.63) is 0 Å². The first-order valence-electron chi connectivity index (χ1n) is 4.22. The third-order valence-corrected chi connectivity index (χ3v) is 2.63. The Hall–Kier alpha value is 0.01000. The molecule has 1 fully saturated rings. The predicted molar refractivity (Wildman–Crippen MR) is 55.8 cm³/mol. The van der Waals surface area contributed by atoms with Gasteiger partial charge in [-0.3, -0.25) is 4.99 Å². The molecule has 0 spiro atoms. The number of ether oxygens (including phenoxy) is 1. The Kier molecular flexibility index (Phi) is 4.29. The highest BCUT2D eigenvalue weighted by molar-refractivity contribution is 6.54. The average molecular weight is 225 g/mol. The Morgan fingerprint density at radius 2 is 2.31 bits per heavy atom. The molecule has 0 aliphatic carbocycles. The van der Waals surface area contributed by atoms with Crippen LogP contribution in [0.4, 0.5) is 0 Å². The molecule has 0 aromatic heterocycles. The summed E-state index contributed by atoms with van der Waals surface area (Å²) in [6.45, 7) is 1.54. The molecule has 13 heavy (non-hydrogen) atoms. The third kappa shape index (κ3) is 2.73. The summed E-state index contributed by atoms with van der Waals surface area (Å²) in [5.74, 6) is 0.707. The predicted octanol–water partition coefficient (Wildman–Crippen LogP) is 1.54. The van der Waals surface area contributed by atoms with Crippen LogP contribution in [-0.4, -0.2) is 48.9 Å². The van der Waals surface area contributed by atoms with Crippen molar-refractivity contribution in [2.24, 2.45) is 4.99 Å². The van der Waals surface area contributed by atoms with E-state index in [0.717, 1.165) is 19.6 Å². The molecule has 1 atom stereocenters. The van der Waals surface area contributed by atoms with E-state index in [1.54, 1.807) is 7.05 Å². The summed E-state index contributed by atoms with van der Waals surface area (Å²) in [5, 5.41) is 0. The Morgan fingerprint density at radius 1 is 1.62 bits per heavy atom. The average Bonchev–Trinajstić information content (AvgIpc) is 2.56. The van der Waals surface area contributed by atoms with Gasteiger partial charge in [-0.25, -0.2) is 0 Å². The van der Waals surface area contributed by atoms with Gasteiger partial charge in [0.2, 0.25) is 0 Å². The fourth-order valence-corrected chi connectivity index (χ4v) is 1.93. The molecule has 0 N–H and O–H groups in total. The summed E-state index contributed by atoms with van der Waals surface area (Å²) < 4.78 is 5.27. The van der Waals surface area contributed by atoms with Crippen LogP contribution >= 0.6 is 23.2 Å². The van der Waals surface area contributed by atoms with Gasteiger partial charge in [0.1, 0.15) is 5.84 Å². The van der Waals surface area contributed by atoms with E-state index < -0.39 is 4.84 Å². The van der Waals surface area contributed by atoms with Gasteiger partial charge in [0.05, 0.1) is 12.6 Å². The van der Waals surface area contributed by atoms with Crippen molar-refractivity contribution in [3.63, 3.8) is 0 Å². The quantitative estimate of drug-likeness (QED) is 0.404. The molecule has 0 amide bonds. The van der Waals surface area contributed by atoms with E-state index in [1.807, 2.05) is 11.9 Å². The lowest BCUT2D eigenvalue weighted by atomic mass is 10.2. The number of amidine groups is 1. The van der Waals surface area contributed by atoms with E-state index in [9.17, 15) is 0 Å². The minimum absolute atomic E-state index is 0.360. The van der Waals surface area contributed by atoms with Crippen LogP contribution in [0, 0.1) is 0 Å². The van der Waals surface area contributed by atoms with Crippen molar-refractivity contribution < 1.29 is 4.74 Å². The maximum atomic E-state index is 5.77. The molecule has 1 aliphatic heterocycles. The zero-order valence-corrected chi connectivity index (χ0v) is 9.35. The van der Waals surface area contributed by atoms with Gasteiger partial charge in [-0.2, -0.15) is 0 Å². The number of aliphatic imine (C=N–C) groups is 1. The van der Waals surface area contributed by atoms with Gasteiger partial charge < -0.3 is 9.64 Å². The zero-order valence-electron chi connectivity index (χ0n) is 7.83. The molecule has 0 saturated carbocycles. The summed E-state index contributed by atoms with van der Waals surface area (Å²) in [5.41, 5.74) is 0. The molecule has 0 aromatic rings. The Bertz CT molecular complexity index is 191. The van der Waals surface area contributed by atoms with Gasteiger partial charge in [0.15, 0.2) is 4.84 Å². The largest absolute Gasteiger partial charge is 0.379 e. The molecule has 1 saturated heterocycles. The van der Waals surface area contributed by atoms with Crippen molar-refractivity contribution in [1.29, 1.82) is 0 Å². The minimum Gasteiger partial charge on any atom is -0.379 e. The molecular formula is C8H14Cl2N2O. The molecule has 5 heteroatoms. The summed E-state index contributed by atoms with van der Waals surface area (Å²) in [6, 6.07) is 0.360. The zero-order chi connectivity index (χ0) is 9.84. The first-order valence-corrected chi connectivity index (χ1v) is 5.09. The van der Waals surface area contributed by atoms with E-state index in [4.69, 9.17) is 27.9 Å². The Labute approximate surface area is 88.7 Å². The van der Waals surface area contributed by atoms with E-state index in [-0.39, 0.29) is 0 Å². The maximum absolute atomic E-state index is 5.77. The first-order chi connectivity index (χ1) is 6.16. The monoisotopic (exact) mass is 224 g/mol. The highest BCUT2D eigenvalue weighted by atomic mass is 35.5. The first kappa shape index (κ1) is 11.1. The standard InChI is InChI=1S/C8H14Cl2N2O/c1-11-8(7(9)10)12(2)6-3-4-13-5-6/h6-7H,3-5H2,1-2H3. The number of rotatable bonds is 2. The minimum atomic E-state index is -0.560. The molecule has 0 aromatic carbocycles. The lowest BCUT2D eigenvalue weighted by Gasteiger charge is -2.27. The smallest absolute Gasteiger partial charge is 0.164 e. The van der Waals surface area contributed by atoms with Gasteiger partial charge in [0.25, 0.3) is 0 Å². The topological polar surface area (TPSA) is 24.8 Å². The van der Waals surface area contributed by atoms with E-state index in [2.05, 4.69) is 4.99 Å². The normalized spacial score (nSPS) is 24.1. The highest BCUT2D eigenvalue weighted by Gasteiger charge is 2.25. The van der Waals surface area contributed by atoms with Gasteiger partial charge in [-0.15, -0.1) is 0 Å². The second-order valence-corrected chi connectivity index (χ2v) is 4.11. The molecule has 0 bridgehead atoms. The number of likely N-dealkylation sites (N-methyl/N-ethyl adjacent to an activating group) is 1. The number of halogens is 2. The van der Waals surface area contributed by atoms with E-state index in [1.165, 1.54) is 0 Å². The highest BCUT2D eigenvalue weighted by Crippen LogP contribution is 2.15. The van der Waals surface area contributed by atoms with Gasteiger partial charge in [-0.05, 0) is 6.42 Å². The van der Waals surface area contributed by atoms with Gasteiger partial charge >= 0.3 is 0 Å². The Morgan fingerprint density at radius 3 is 2.69 bits per heavy atom. The number of nitrogens with zero attached hydrogens (tertiary/aromatic N) is 2. The van der Waals surface area contributed by atoms with Crippen molar-refractivity contribution in [2.45, 2.75) is 17.3 Å². The SMILES string of the molecule is CN=C(C(Cl)Cl)N(C)C1CCOC1. The maximum Gasteiger partial charge on any atom is 0.164 e. The van der Waals surface area contributed by atoms with Crippen LogP contribution in [0.25, 0.3) is 0 Å². The number of hydrogen-bond donors (Lipinski definition) is 0. The van der Waals surface area contributed by atoms with Crippen molar-refractivity contribution in [1.82, 2.24) is 4.90 Å². The molecule has 1 aliphatic rings. The fourth-order valence-electron chi connectivity index (χ4n) is 1.42.